The lowest BCUT2D eigenvalue weighted by Crippen LogP contribution is -2.37. The van der Waals surface area contributed by atoms with Gasteiger partial charge in [-0.05, 0) is 49.4 Å². The van der Waals surface area contributed by atoms with Crippen LogP contribution in [0.4, 0.5) is 0 Å². The number of benzene rings is 2. The highest BCUT2D eigenvalue weighted by atomic mass is 35.5. The van der Waals surface area contributed by atoms with Crippen LogP contribution in [0.15, 0.2) is 53.1 Å². The summed E-state index contributed by atoms with van der Waals surface area (Å²) in [6.45, 7) is 1.85. The van der Waals surface area contributed by atoms with E-state index in [1.54, 1.807) is 45.3 Å². The Hall–Kier alpha value is -3.06. The first-order valence-corrected chi connectivity index (χ1v) is 8.98. The van der Waals surface area contributed by atoms with E-state index in [0.717, 1.165) is 11.3 Å². The van der Waals surface area contributed by atoms with Crippen molar-refractivity contribution in [3.8, 4) is 22.9 Å². The van der Waals surface area contributed by atoms with Gasteiger partial charge in [-0.3, -0.25) is 4.79 Å². The molecule has 7 nitrogen and oxygen atoms in total. The summed E-state index contributed by atoms with van der Waals surface area (Å²) in [5, 5.41) is 4.51. The summed E-state index contributed by atoms with van der Waals surface area (Å²) >= 11 is 5.94. The monoisotopic (exact) mass is 401 g/mol. The van der Waals surface area contributed by atoms with Crippen LogP contribution in [0.2, 0.25) is 5.02 Å². The van der Waals surface area contributed by atoms with Crippen molar-refractivity contribution >= 4 is 17.5 Å². The number of halogens is 1. The number of nitrogens with zero attached hydrogens (tertiary/aromatic N) is 3. The fourth-order valence-corrected chi connectivity index (χ4v) is 2.74. The largest absolute Gasteiger partial charge is 0.497 e. The lowest BCUT2D eigenvalue weighted by Gasteiger charge is -2.20. The number of carbonyl (C=O) groups excluding carboxylic acids is 1. The molecule has 1 atom stereocenters. The van der Waals surface area contributed by atoms with E-state index in [-0.39, 0.29) is 12.5 Å². The molecule has 0 unspecified atom stereocenters. The summed E-state index contributed by atoms with van der Waals surface area (Å²) in [4.78, 5) is 18.4. The molecular weight excluding hydrogens is 382 g/mol. The van der Waals surface area contributed by atoms with Crippen molar-refractivity contribution in [2.24, 2.45) is 0 Å². The zero-order valence-electron chi connectivity index (χ0n) is 15.8. The highest BCUT2D eigenvalue weighted by Crippen LogP contribution is 2.21. The third kappa shape index (κ3) is 4.80. The minimum absolute atomic E-state index is 0.172. The molecule has 0 fully saturated rings. The van der Waals surface area contributed by atoms with Gasteiger partial charge in [-0.2, -0.15) is 4.98 Å². The van der Waals surface area contributed by atoms with Crippen LogP contribution in [0.3, 0.4) is 0 Å². The number of aromatic nitrogens is 2. The van der Waals surface area contributed by atoms with Crippen LogP contribution in [0, 0.1) is 0 Å². The molecule has 28 heavy (non-hydrogen) atoms. The number of likely N-dealkylation sites (N-methyl/N-ethyl adjacent to an activating group) is 1. The van der Waals surface area contributed by atoms with Crippen molar-refractivity contribution in [1.82, 2.24) is 15.0 Å². The van der Waals surface area contributed by atoms with Crippen LogP contribution < -0.4 is 9.47 Å². The van der Waals surface area contributed by atoms with Gasteiger partial charge < -0.3 is 18.9 Å². The molecule has 0 bridgehead atoms. The number of hydrogen-bond acceptors (Lipinski definition) is 6. The minimum Gasteiger partial charge on any atom is -0.497 e. The summed E-state index contributed by atoms with van der Waals surface area (Å²) in [5.41, 5.74) is 0.794. The number of methoxy groups -OCH3 is 1. The molecule has 3 rings (SSSR count). The fraction of sp³-hybridized carbons (Fsp3) is 0.250. The maximum atomic E-state index is 12.5. The molecular formula is C20H20ClN3O4. The third-order valence-corrected chi connectivity index (χ3v) is 4.26. The smallest absolute Gasteiger partial charge is 0.263 e. The van der Waals surface area contributed by atoms with E-state index in [4.69, 9.17) is 25.6 Å². The zero-order chi connectivity index (χ0) is 20.1. The van der Waals surface area contributed by atoms with Crippen LogP contribution in [0.5, 0.6) is 11.5 Å². The Kier molecular flexibility index (Phi) is 6.16. The minimum atomic E-state index is -0.688. The van der Waals surface area contributed by atoms with E-state index in [0.29, 0.717) is 22.5 Å². The Morgan fingerprint density at radius 1 is 1.21 bits per heavy atom. The standard InChI is InChI=1S/C20H20ClN3O4/c1-13(27-17-6-4-5-15(21)11-17)20(25)24(2)12-18-22-19(23-28-18)14-7-9-16(26-3)10-8-14/h4-11,13H,12H2,1-3H3/t13-/m1/s1. The average Bonchev–Trinajstić information content (AvgIpc) is 3.15. The molecule has 0 aliphatic heterocycles. The van der Waals surface area contributed by atoms with Gasteiger partial charge in [0.1, 0.15) is 11.5 Å². The van der Waals surface area contributed by atoms with Gasteiger partial charge in [0.05, 0.1) is 13.7 Å². The van der Waals surface area contributed by atoms with Gasteiger partial charge in [0.15, 0.2) is 6.10 Å². The highest BCUT2D eigenvalue weighted by Gasteiger charge is 2.21. The first kappa shape index (κ1) is 19.7. The molecule has 0 radical (unpaired) electrons. The number of amides is 1. The lowest BCUT2D eigenvalue weighted by atomic mass is 10.2. The number of ether oxygens (including phenoxy) is 2. The molecule has 0 spiro atoms. The van der Waals surface area contributed by atoms with Gasteiger partial charge in [-0.1, -0.05) is 22.8 Å². The maximum Gasteiger partial charge on any atom is 0.263 e. The molecule has 0 saturated carbocycles. The van der Waals surface area contributed by atoms with Crippen LogP contribution in [-0.2, 0) is 11.3 Å². The Morgan fingerprint density at radius 2 is 1.96 bits per heavy atom. The van der Waals surface area contributed by atoms with E-state index < -0.39 is 6.10 Å². The summed E-state index contributed by atoms with van der Waals surface area (Å²) in [6, 6.07) is 14.2. The van der Waals surface area contributed by atoms with Gasteiger partial charge in [0.2, 0.25) is 11.7 Å². The summed E-state index contributed by atoms with van der Waals surface area (Å²) < 4.78 is 16.1. The van der Waals surface area contributed by atoms with E-state index in [9.17, 15) is 4.79 Å². The van der Waals surface area contributed by atoms with Crippen molar-refractivity contribution in [1.29, 1.82) is 0 Å². The predicted molar refractivity (Wildman–Crippen MR) is 104 cm³/mol. The van der Waals surface area contributed by atoms with Crippen LogP contribution >= 0.6 is 11.6 Å². The summed E-state index contributed by atoms with van der Waals surface area (Å²) in [5.74, 6) is 1.83. The van der Waals surface area contributed by atoms with Gasteiger partial charge in [0.25, 0.3) is 5.91 Å². The van der Waals surface area contributed by atoms with E-state index in [1.165, 1.54) is 4.90 Å². The molecule has 0 aliphatic rings. The van der Waals surface area contributed by atoms with Crippen LogP contribution in [0.25, 0.3) is 11.4 Å². The van der Waals surface area contributed by atoms with E-state index >= 15 is 0 Å². The predicted octanol–water partition coefficient (Wildman–Crippen LogP) is 3.82. The number of rotatable bonds is 7. The number of carbonyl (C=O) groups is 1. The summed E-state index contributed by atoms with van der Waals surface area (Å²) in [6.07, 6.45) is -0.688. The van der Waals surface area contributed by atoms with Crippen molar-refractivity contribution in [2.75, 3.05) is 14.2 Å². The van der Waals surface area contributed by atoms with Crippen LogP contribution in [-0.4, -0.2) is 41.2 Å². The molecule has 1 aromatic heterocycles. The normalized spacial score (nSPS) is 11.7. The van der Waals surface area contributed by atoms with Crippen molar-refractivity contribution in [3.63, 3.8) is 0 Å². The molecule has 0 N–H and O–H groups in total. The molecule has 0 saturated heterocycles. The Morgan fingerprint density at radius 3 is 2.64 bits per heavy atom. The first-order chi connectivity index (χ1) is 13.5. The quantitative estimate of drug-likeness (QED) is 0.598. The Balaban J connectivity index is 1.61. The summed E-state index contributed by atoms with van der Waals surface area (Å²) in [7, 11) is 3.25. The van der Waals surface area contributed by atoms with Gasteiger partial charge in [-0.25, -0.2) is 0 Å². The van der Waals surface area contributed by atoms with Gasteiger partial charge in [0, 0.05) is 17.6 Å². The second-order valence-electron chi connectivity index (χ2n) is 6.15. The average molecular weight is 402 g/mol. The lowest BCUT2D eigenvalue weighted by molar-refractivity contribution is -0.137. The molecule has 1 heterocycles. The topological polar surface area (TPSA) is 77.7 Å². The van der Waals surface area contributed by atoms with Gasteiger partial charge in [-0.15, -0.1) is 0 Å². The maximum absolute atomic E-state index is 12.5. The van der Waals surface area contributed by atoms with Crippen molar-refractivity contribution < 1.29 is 18.8 Å². The molecule has 3 aromatic rings. The van der Waals surface area contributed by atoms with Crippen LogP contribution in [0.1, 0.15) is 12.8 Å². The highest BCUT2D eigenvalue weighted by molar-refractivity contribution is 6.30. The first-order valence-electron chi connectivity index (χ1n) is 8.60. The third-order valence-electron chi connectivity index (χ3n) is 4.02. The molecule has 0 aliphatic carbocycles. The second-order valence-corrected chi connectivity index (χ2v) is 6.59. The Labute approximate surface area is 167 Å². The van der Waals surface area contributed by atoms with Crippen molar-refractivity contribution in [2.45, 2.75) is 19.6 Å². The number of hydrogen-bond donors (Lipinski definition) is 0. The molecule has 1 amide bonds. The fourth-order valence-electron chi connectivity index (χ4n) is 2.56. The SMILES string of the molecule is COc1ccc(-c2noc(CN(C)C(=O)[C@@H](C)Oc3cccc(Cl)c3)n2)cc1. The molecule has 146 valence electrons. The molecule has 8 heteroatoms. The second kappa shape index (κ2) is 8.75. The Bertz CT molecular complexity index is 943. The van der Waals surface area contributed by atoms with Gasteiger partial charge >= 0.3 is 0 Å². The van der Waals surface area contributed by atoms with E-state index in [1.807, 2.05) is 24.3 Å². The molecule has 2 aromatic carbocycles. The van der Waals surface area contributed by atoms with Crippen molar-refractivity contribution in [3.05, 3.63) is 59.4 Å². The van der Waals surface area contributed by atoms with E-state index in [2.05, 4.69) is 10.1 Å². The zero-order valence-corrected chi connectivity index (χ0v) is 16.5.